The smallest absolute Gasteiger partial charge is 0.338 e. The average molecular weight is 190 g/mol. The molecule has 0 radical (unpaired) electrons. The summed E-state index contributed by atoms with van der Waals surface area (Å²) < 4.78 is 10.2. The van der Waals surface area contributed by atoms with Gasteiger partial charge in [-0.15, -0.1) is 0 Å². The quantitative estimate of drug-likeness (QED) is 0.500. The first-order valence-electron chi connectivity index (χ1n) is 4.68. The molecule has 72 valence electrons. The minimum absolute atomic E-state index is 0.202. The predicted octanol–water partition coefficient (Wildman–Crippen LogP) is 1.74. The van der Waals surface area contributed by atoms with Crippen LogP contribution in [0, 0.1) is 6.92 Å². The Morgan fingerprint density at radius 1 is 1.43 bits per heavy atom. The molecule has 2 heterocycles. The molecule has 1 aromatic carbocycles. The van der Waals surface area contributed by atoms with Crippen LogP contribution in [-0.2, 0) is 16.1 Å². The number of cyclic esters (lactones) is 1. The van der Waals surface area contributed by atoms with E-state index in [2.05, 4.69) is 0 Å². The molecule has 0 amide bonds. The fourth-order valence-electron chi connectivity index (χ4n) is 1.94. The predicted molar refractivity (Wildman–Crippen MR) is 49.0 cm³/mol. The van der Waals surface area contributed by atoms with Crippen molar-refractivity contribution in [1.82, 2.24) is 0 Å². The van der Waals surface area contributed by atoms with E-state index in [0.29, 0.717) is 12.2 Å². The maximum absolute atomic E-state index is 11.3. The van der Waals surface area contributed by atoms with E-state index in [1.54, 1.807) is 0 Å². The maximum atomic E-state index is 11.3. The van der Waals surface area contributed by atoms with Gasteiger partial charge in [-0.25, -0.2) is 4.79 Å². The third-order valence-corrected chi connectivity index (χ3v) is 2.89. The molecule has 2 aliphatic rings. The summed E-state index contributed by atoms with van der Waals surface area (Å²) in [5, 5.41) is 0. The average Bonchev–Trinajstić information content (AvgIpc) is 2.93. The number of epoxide rings is 1. The minimum atomic E-state index is -0.202. The molecule has 1 aromatic rings. The van der Waals surface area contributed by atoms with Crippen LogP contribution in [0.15, 0.2) is 12.1 Å². The zero-order valence-corrected chi connectivity index (χ0v) is 7.87. The van der Waals surface area contributed by atoms with Crippen molar-refractivity contribution < 1.29 is 14.3 Å². The van der Waals surface area contributed by atoms with E-state index in [-0.39, 0.29) is 12.1 Å². The van der Waals surface area contributed by atoms with Gasteiger partial charge in [-0.2, -0.15) is 0 Å². The Kier molecular flexibility index (Phi) is 1.47. The third kappa shape index (κ3) is 0.990. The van der Waals surface area contributed by atoms with Crippen molar-refractivity contribution in [2.45, 2.75) is 19.6 Å². The van der Waals surface area contributed by atoms with E-state index in [0.717, 1.165) is 17.7 Å². The molecule has 0 spiro atoms. The van der Waals surface area contributed by atoms with E-state index >= 15 is 0 Å². The van der Waals surface area contributed by atoms with Crippen molar-refractivity contribution in [2.24, 2.45) is 0 Å². The van der Waals surface area contributed by atoms with E-state index < -0.39 is 0 Å². The number of rotatable bonds is 1. The van der Waals surface area contributed by atoms with Crippen LogP contribution in [0.25, 0.3) is 0 Å². The first-order valence-corrected chi connectivity index (χ1v) is 4.68. The van der Waals surface area contributed by atoms with E-state index in [1.165, 1.54) is 5.56 Å². The number of carbonyl (C=O) groups excluding carboxylic acids is 1. The van der Waals surface area contributed by atoms with Crippen LogP contribution in [0.3, 0.4) is 0 Å². The molecular formula is C11H10O3. The van der Waals surface area contributed by atoms with Crippen LogP contribution in [0.4, 0.5) is 0 Å². The van der Waals surface area contributed by atoms with Crippen molar-refractivity contribution >= 4 is 5.97 Å². The topological polar surface area (TPSA) is 38.8 Å². The molecule has 0 N–H and O–H groups in total. The summed E-state index contributed by atoms with van der Waals surface area (Å²) in [5.74, 6) is -0.202. The van der Waals surface area contributed by atoms with Crippen LogP contribution >= 0.6 is 0 Å². The van der Waals surface area contributed by atoms with Gasteiger partial charge in [-0.1, -0.05) is 6.07 Å². The van der Waals surface area contributed by atoms with Gasteiger partial charge in [0.15, 0.2) is 0 Å². The molecule has 3 rings (SSSR count). The molecule has 1 atom stereocenters. The van der Waals surface area contributed by atoms with Crippen LogP contribution in [0.2, 0.25) is 0 Å². The summed E-state index contributed by atoms with van der Waals surface area (Å²) >= 11 is 0. The summed E-state index contributed by atoms with van der Waals surface area (Å²) in [7, 11) is 0. The van der Waals surface area contributed by atoms with E-state index in [4.69, 9.17) is 9.47 Å². The highest BCUT2D eigenvalue weighted by Gasteiger charge is 2.31. The van der Waals surface area contributed by atoms with E-state index in [9.17, 15) is 4.79 Å². The van der Waals surface area contributed by atoms with Crippen LogP contribution in [-0.4, -0.2) is 12.6 Å². The van der Waals surface area contributed by atoms with Gasteiger partial charge in [0.1, 0.15) is 12.7 Å². The monoisotopic (exact) mass is 190 g/mol. The summed E-state index contributed by atoms with van der Waals surface area (Å²) in [6.07, 6.45) is 0.246. The number of esters is 1. The van der Waals surface area contributed by atoms with Crippen molar-refractivity contribution in [1.29, 1.82) is 0 Å². The minimum Gasteiger partial charge on any atom is -0.457 e. The number of fused-ring (bicyclic) bond motifs is 1. The van der Waals surface area contributed by atoms with E-state index in [1.807, 2.05) is 19.1 Å². The Morgan fingerprint density at radius 3 is 2.93 bits per heavy atom. The number of ether oxygens (including phenoxy) is 2. The lowest BCUT2D eigenvalue weighted by atomic mass is 9.97. The molecule has 2 aliphatic heterocycles. The Hall–Kier alpha value is -1.35. The fourth-order valence-corrected chi connectivity index (χ4v) is 1.94. The van der Waals surface area contributed by atoms with Crippen molar-refractivity contribution in [2.75, 3.05) is 6.61 Å². The molecule has 14 heavy (non-hydrogen) atoms. The molecular weight excluding hydrogens is 180 g/mol. The van der Waals surface area contributed by atoms with Crippen LogP contribution in [0.1, 0.15) is 33.2 Å². The molecule has 1 unspecified atom stereocenters. The fraction of sp³-hybridized carbons (Fsp3) is 0.364. The lowest BCUT2D eigenvalue weighted by Gasteiger charge is -2.05. The third-order valence-electron chi connectivity index (χ3n) is 2.89. The van der Waals surface area contributed by atoms with Gasteiger partial charge in [-0.05, 0) is 24.1 Å². The zero-order valence-electron chi connectivity index (χ0n) is 7.87. The van der Waals surface area contributed by atoms with Crippen molar-refractivity contribution in [3.05, 3.63) is 34.4 Å². The molecule has 0 aromatic heterocycles. The standard InChI is InChI=1S/C11H10O3/c1-6-7(10-5-13-10)2-3-8-9(6)4-14-11(8)12/h2-3,10H,4-5H2,1H3. The highest BCUT2D eigenvalue weighted by atomic mass is 16.6. The van der Waals surface area contributed by atoms with Crippen LogP contribution < -0.4 is 0 Å². The Labute approximate surface area is 81.6 Å². The highest BCUT2D eigenvalue weighted by Crippen LogP contribution is 2.36. The normalized spacial score (nSPS) is 23.2. The van der Waals surface area contributed by atoms with Gasteiger partial charge in [-0.3, -0.25) is 0 Å². The van der Waals surface area contributed by atoms with Crippen LogP contribution in [0.5, 0.6) is 0 Å². The molecule has 0 saturated carbocycles. The number of hydrogen-bond acceptors (Lipinski definition) is 3. The largest absolute Gasteiger partial charge is 0.457 e. The van der Waals surface area contributed by atoms with Gasteiger partial charge in [0.2, 0.25) is 0 Å². The number of hydrogen-bond donors (Lipinski definition) is 0. The SMILES string of the molecule is Cc1c(C2CO2)ccc2c1COC2=O. The van der Waals surface area contributed by atoms with Crippen molar-refractivity contribution in [3.8, 4) is 0 Å². The first-order chi connectivity index (χ1) is 6.77. The number of carbonyl (C=O) groups is 1. The molecule has 3 heteroatoms. The van der Waals surface area contributed by atoms with Gasteiger partial charge in [0.25, 0.3) is 0 Å². The second-order valence-corrected chi connectivity index (χ2v) is 3.70. The summed E-state index contributed by atoms with van der Waals surface area (Å²) in [5.41, 5.74) is 4.09. The summed E-state index contributed by atoms with van der Waals surface area (Å²) in [6, 6.07) is 3.81. The maximum Gasteiger partial charge on any atom is 0.338 e. The summed E-state index contributed by atoms with van der Waals surface area (Å²) in [4.78, 5) is 11.3. The van der Waals surface area contributed by atoms with Gasteiger partial charge in [0, 0.05) is 5.56 Å². The first kappa shape index (κ1) is 8.00. The second kappa shape index (κ2) is 2.58. The Balaban J connectivity index is 2.16. The molecule has 0 bridgehead atoms. The lowest BCUT2D eigenvalue weighted by Crippen LogP contribution is -1.96. The number of benzene rings is 1. The lowest BCUT2D eigenvalue weighted by molar-refractivity contribution is 0.0535. The van der Waals surface area contributed by atoms with Gasteiger partial charge >= 0.3 is 5.97 Å². The van der Waals surface area contributed by atoms with Gasteiger partial charge in [0.05, 0.1) is 12.2 Å². The summed E-state index contributed by atoms with van der Waals surface area (Å²) in [6.45, 7) is 3.24. The van der Waals surface area contributed by atoms with Crippen molar-refractivity contribution in [3.63, 3.8) is 0 Å². The molecule has 3 nitrogen and oxygen atoms in total. The highest BCUT2D eigenvalue weighted by molar-refractivity contribution is 5.93. The molecule has 1 saturated heterocycles. The van der Waals surface area contributed by atoms with Gasteiger partial charge < -0.3 is 9.47 Å². The Morgan fingerprint density at radius 2 is 2.21 bits per heavy atom. The Bertz CT molecular complexity index is 419. The molecule has 1 fully saturated rings. The molecule has 0 aliphatic carbocycles. The zero-order chi connectivity index (χ0) is 9.71. The second-order valence-electron chi connectivity index (χ2n) is 3.70.